The predicted octanol–water partition coefficient (Wildman–Crippen LogP) is -0.0509. The molecule has 0 radical (unpaired) electrons. The second kappa shape index (κ2) is 4.63. The van der Waals surface area contributed by atoms with E-state index < -0.39 is 16.3 Å². The first-order valence-electron chi connectivity index (χ1n) is 7.04. The van der Waals surface area contributed by atoms with Crippen LogP contribution in [0.2, 0.25) is 0 Å². The van der Waals surface area contributed by atoms with Crippen molar-refractivity contribution in [2.75, 3.05) is 13.1 Å². The number of hydrogen-bond acceptors (Lipinski definition) is 4. The highest BCUT2D eigenvalue weighted by atomic mass is 32.2. The highest BCUT2D eigenvalue weighted by Crippen LogP contribution is 2.45. The summed E-state index contributed by atoms with van der Waals surface area (Å²) in [5, 5.41) is 15.6. The van der Waals surface area contributed by atoms with E-state index in [0.717, 1.165) is 21.1 Å². The normalized spacial score (nSPS) is 27.8. The van der Waals surface area contributed by atoms with E-state index in [1.165, 1.54) is 0 Å². The minimum atomic E-state index is -3.79. The van der Waals surface area contributed by atoms with Gasteiger partial charge in [-0.2, -0.15) is 12.7 Å². The van der Waals surface area contributed by atoms with Crippen molar-refractivity contribution in [2.24, 2.45) is 11.1 Å². The van der Waals surface area contributed by atoms with E-state index in [1.54, 1.807) is 12.5 Å². The highest BCUT2D eigenvalue weighted by molar-refractivity contribution is 7.86. The standard InChI is InChI=1S/C14H16N4O3S/c15-22(20,21)17-6-11(13(19)7-17)14-10-4-2-1-3-9(10)12-5-16-8-18(12)14/h1-5,8,11,13-14,19H,6-7H2,(H2,15,20,21). The quantitative estimate of drug-likeness (QED) is 0.810. The summed E-state index contributed by atoms with van der Waals surface area (Å²) in [5.41, 5.74) is 3.15. The lowest BCUT2D eigenvalue weighted by molar-refractivity contribution is 0.126. The third kappa shape index (κ3) is 1.92. The number of rotatable bonds is 2. The van der Waals surface area contributed by atoms with Crippen LogP contribution in [0.4, 0.5) is 0 Å². The molecule has 2 aromatic rings. The van der Waals surface area contributed by atoms with Crippen LogP contribution in [0.3, 0.4) is 0 Å². The Labute approximate surface area is 128 Å². The third-order valence-corrected chi connectivity index (χ3v) is 5.60. The Kier molecular flexibility index (Phi) is 2.92. The van der Waals surface area contributed by atoms with Crippen molar-refractivity contribution in [1.82, 2.24) is 13.9 Å². The summed E-state index contributed by atoms with van der Waals surface area (Å²) >= 11 is 0. The third-order valence-electron chi connectivity index (χ3n) is 4.59. The lowest BCUT2D eigenvalue weighted by Crippen LogP contribution is -2.35. The van der Waals surface area contributed by atoms with Crippen molar-refractivity contribution in [2.45, 2.75) is 12.1 Å². The summed E-state index contributed by atoms with van der Waals surface area (Å²) in [6.07, 6.45) is 2.76. The second-order valence-electron chi connectivity index (χ2n) is 5.81. The van der Waals surface area contributed by atoms with Crippen molar-refractivity contribution < 1.29 is 13.5 Å². The van der Waals surface area contributed by atoms with E-state index in [2.05, 4.69) is 4.98 Å². The number of aliphatic hydroxyl groups excluding tert-OH is 1. The zero-order valence-corrected chi connectivity index (χ0v) is 12.5. The van der Waals surface area contributed by atoms with Gasteiger partial charge >= 0.3 is 0 Å². The van der Waals surface area contributed by atoms with Crippen LogP contribution in [0.1, 0.15) is 11.6 Å². The monoisotopic (exact) mass is 320 g/mol. The number of β-amino-alcohol motifs (C(OH)–C–C–N with tert-alkyl or cyclic N) is 1. The van der Waals surface area contributed by atoms with Crippen LogP contribution in [0.25, 0.3) is 11.3 Å². The van der Waals surface area contributed by atoms with Gasteiger partial charge in [0.2, 0.25) is 0 Å². The van der Waals surface area contributed by atoms with Gasteiger partial charge in [-0.15, -0.1) is 0 Å². The van der Waals surface area contributed by atoms with E-state index in [4.69, 9.17) is 5.14 Å². The summed E-state index contributed by atoms with van der Waals surface area (Å²) in [6.45, 7) is 0.239. The average Bonchev–Trinajstić information content (AvgIpc) is 3.12. The molecule has 3 atom stereocenters. The molecule has 1 aromatic carbocycles. The minimum absolute atomic E-state index is 0.0339. The number of aromatic nitrogens is 2. The number of fused-ring (bicyclic) bond motifs is 3. The number of nitrogens with zero attached hydrogens (tertiary/aromatic N) is 3. The molecular weight excluding hydrogens is 304 g/mol. The molecule has 1 aromatic heterocycles. The summed E-state index contributed by atoms with van der Waals surface area (Å²) in [6, 6.07) is 7.81. The van der Waals surface area contributed by atoms with Crippen molar-refractivity contribution in [1.29, 1.82) is 0 Å². The zero-order chi connectivity index (χ0) is 15.5. The predicted molar refractivity (Wildman–Crippen MR) is 80.0 cm³/mol. The van der Waals surface area contributed by atoms with Crippen molar-refractivity contribution >= 4 is 10.2 Å². The highest BCUT2D eigenvalue weighted by Gasteiger charge is 2.44. The van der Waals surface area contributed by atoms with Crippen LogP contribution in [-0.2, 0) is 10.2 Å². The largest absolute Gasteiger partial charge is 0.391 e. The molecule has 0 saturated carbocycles. The first-order chi connectivity index (χ1) is 10.5. The Balaban J connectivity index is 1.78. The van der Waals surface area contributed by atoms with E-state index in [-0.39, 0.29) is 25.0 Å². The number of hydrogen-bond donors (Lipinski definition) is 2. The van der Waals surface area contributed by atoms with Gasteiger partial charge in [-0.25, -0.2) is 10.1 Å². The van der Waals surface area contributed by atoms with Crippen LogP contribution in [0.5, 0.6) is 0 Å². The molecule has 0 spiro atoms. The summed E-state index contributed by atoms with van der Waals surface area (Å²) < 4.78 is 26.3. The molecule has 1 fully saturated rings. The van der Waals surface area contributed by atoms with Crippen LogP contribution in [-0.4, -0.2) is 46.6 Å². The molecule has 2 aliphatic rings. The molecule has 7 nitrogen and oxygen atoms in total. The van der Waals surface area contributed by atoms with Gasteiger partial charge in [0.25, 0.3) is 10.2 Å². The Morgan fingerprint density at radius 2 is 2.05 bits per heavy atom. The number of nitrogens with two attached hydrogens (primary N) is 1. The maximum Gasteiger partial charge on any atom is 0.277 e. The molecule has 2 aliphatic heterocycles. The molecule has 4 rings (SSSR count). The van der Waals surface area contributed by atoms with Crippen molar-refractivity contribution in [3.8, 4) is 11.3 Å². The summed E-state index contributed by atoms with van der Waals surface area (Å²) in [4.78, 5) is 4.18. The molecule has 3 unspecified atom stereocenters. The van der Waals surface area contributed by atoms with E-state index in [1.807, 2.05) is 28.8 Å². The average molecular weight is 320 g/mol. The summed E-state index contributed by atoms with van der Waals surface area (Å²) in [7, 11) is -3.79. The van der Waals surface area contributed by atoms with Gasteiger partial charge < -0.3 is 9.67 Å². The first kappa shape index (κ1) is 13.9. The van der Waals surface area contributed by atoms with Crippen LogP contribution in [0.15, 0.2) is 36.8 Å². The molecule has 0 bridgehead atoms. The van der Waals surface area contributed by atoms with Gasteiger partial charge in [-0.3, -0.25) is 0 Å². The smallest absolute Gasteiger partial charge is 0.277 e. The van der Waals surface area contributed by atoms with Crippen LogP contribution < -0.4 is 5.14 Å². The van der Waals surface area contributed by atoms with Crippen molar-refractivity contribution in [3.63, 3.8) is 0 Å². The second-order valence-corrected chi connectivity index (χ2v) is 7.36. The van der Waals surface area contributed by atoms with Crippen LogP contribution in [0, 0.1) is 5.92 Å². The van der Waals surface area contributed by atoms with Gasteiger partial charge in [0, 0.05) is 24.6 Å². The number of aliphatic hydroxyl groups is 1. The topological polar surface area (TPSA) is 101 Å². The molecule has 22 heavy (non-hydrogen) atoms. The molecule has 3 N–H and O–H groups in total. The van der Waals surface area contributed by atoms with Gasteiger partial charge in [0.1, 0.15) is 0 Å². The van der Waals surface area contributed by atoms with Gasteiger partial charge in [-0.1, -0.05) is 24.3 Å². The Morgan fingerprint density at radius 1 is 1.27 bits per heavy atom. The van der Waals surface area contributed by atoms with E-state index in [9.17, 15) is 13.5 Å². The van der Waals surface area contributed by atoms with E-state index in [0.29, 0.717) is 0 Å². The van der Waals surface area contributed by atoms with Gasteiger partial charge in [0.15, 0.2) is 0 Å². The molecular formula is C14H16N4O3S. The fourth-order valence-electron chi connectivity index (χ4n) is 3.60. The molecule has 8 heteroatoms. The maximum absolute atomic E-state index is 11.6. The molecule has 116 valence electrons. The number of imidazole rings is 1. The van der Waals surface area contributed by atoms with Gasteiger partial charge in [0.05, 0.1) is 30.4 Å². The molecule has 0 amide bonds. The zero-order valence-electron chi connectivity index (χ0n) is 11.7. The fourth-order valence-corrected chi connectivity index (χ4v) is 4.34. The minimum Gasteiger partial charge on any atom is -0.391 e. The molecule has 0 aliphatic carbocycles. The first-order valence-corrected chi connectivity index (χ1v) is 8.54. The lowest BCUT2D eigenvalue weighted by Gasteiger charge is -2.24. The lowest BCUT2D eigenvalue weighted by atomic mass is 9.90. The Morgan fingerprint density at radius 3 is 2.77 bits per heavy atom. The van der Waals surface area contributed by atoms with Crippen LogP contribution >= 0.6 is 0 Å². The Bertz CT molecular complexity index is 832. The maximum atomic E-state index is 11.6. The SMILES string of the molecule is NS(=O)(=O)N1CC(O)C(C2c3ccccc3-c3cncn32)C1. The number of benzene rings is 1. The molecule has 1 saturated heterocycles. The Hall–Kier alpha value is -1.74. The molecule has 3 heterocycles. The van der Waals surface area contributed by atoms with Crippen molar-refractivity contribution in [3.05, 3.63) is 42.4 Å². The van der Waals surface area contributed by atoms with Gasteiger partial charge in [-0.05, 0) is 5.56 Å². The fraction of sp³-hybridized carbons (Fsp3) is 0.357. The summed E-state index contributed by atoms with van der Waals surface area (Å²) in [5.74, 6) is -0.255. The van der Waals surface area contributed by atoms with E-state index >= 15 is 0 Å².